The van der Waals surface area contributed by atoms with E-state index < -0.39 is 5.97 Å². The first-order chi connectivity index (χ1) is 14.4. The minimum Gasteiger partial charge on any atom is -0.481 e. The molecule has 0 radical (unpaired) electrons. The second-order valence-electron chi connectivity index (χ2n) is 8.91. The maximum absolute atomic E-state index is 10.9. The van der Waals surface area contributed by atoms with E-state index in [1.165, 1.54) is 30.5 Å². The summed E-state index contributed by atoms with van der Waals surface area (Å²) in [6.45, 7) is 9.37. The molecule has 1 aliphatic carbocycles. The smallest absolute Gasteiger partial charge is 0.307 e. The van der Waals surface area contributed by atoms with Gasteiger partial charge in [0.05, 0.1) is 12.1 Å². The molecule has 1 unspecified atom stereocenters. The molecule has 4 rings (SSSR count). The number of carboxylic acid groups (broad SMARTS) is 1. The van der Waals surface area contributed by atoms with E-state index in [0.717, 1.165) is 43.3 Å². The SMILES string of the molecule is CCC1(c2nc(N3CCN(c4ccc(CC(=O)O)cn4)CC3C)ccc2C)CCC1. The molecule has 2 aromatic rings. The Morgan fingerprint density at radius 2 is 1.97 bits per heavy atom. The molecule has 2 aliphatic rings. The molecule has 6 heteroatoms. The fourth-order valence-corrected chi connectivity index (χ4v) is 4.97. The highest BCUT2D eigenvalue weighted by Crippen LogP contribution is 2.47. The van der Waals surface area contributed by atoms with Crippen molar-refractivity contribution in [3.63, 3.8) is 0 Å². The van der Waals surface area contributed by atoms with Gasteiger partial charge in [-0.15, -0.1) is 0 Å². The Kier molecular flexibility index (Phi) is 5.67. The lowest BCUT2D eigenvalue weighted by Crippen LogP contribution is -2.52. The molecule has 0 aromatic carbocycles. The Morgan fingerprint density at radius 3 is 2.53 bits per heavy atom. The molecule has 6 nitrogen and oxygen atoms in total. The van der Waals surface area contributed by atoms with Gasteiger partial charge in [0.1, 0.15) is 11.6 Å². The fraction of sp³-hybridized carbons (Fsp3) is 0.542. The summed E-state index contributed by atoms with van der Waals surface area (Å²) < 4.78 is 0. The van der Waals surface area contributed by atoms with Crippen LogP contribution in [0.2, 0.25) is 0 Å². The van der Waals surface area contributed by atoms with Crippen molar-refractivity contribution in [3.05, 3.63) is 47.3 Å². The number of pyridine rings is 2. The number of aryl methyl sites for hydroxylation is 1. The summed E-state index contributed by atoms with van der Waals surface area (Å²) in [4.78, 5) is 25.3. The zero-order chi connectivity index (χ0) is 21.3. The van der Waals surface area contributed by atoms with Gasteiger partial charge in [-0.05, 0) is 56.4 Å². The van der Waals surface area contributed by atoms with Crippen LogP contribution in [-0.4, -0.2) is 46.7 Å². The molecule has 1 atom stereocenters. The van der Waals surface area contributed by atoms with E-state index >= 15 is 0 Å². The van der Waals surface area contributed by atoms with Crippen molar-refractivity contribution in [2.24, 2.45) is 0 Å². The summed E-state index contributed by atoms with van der Waals surface area (Å²) in [6.07, 6.45) is 6.68. The number of aromatic nitrogens is 2. The maximum Gasteiger partial charge on any atom is 0.307 e. The Balaban J connectivity index is 1.48. The van der Waals surface area contributed by atoms with Crippen LogP contribution in [0.15, 0.2) is 30.5 Å². The zero-order valence-electron chi connectivity index (χ0n) is 18.3. The van der Waals surface area contributed by atoms with E-state index in [9.17, 15) is 4.79 Å². The highest BCUT2D eigenvalue weighted by molar-refractivity contribution is 5.70. The van der Waals surface area contributed by atoms with Crippen LogP contribution < -0.4 is 9.80 Å². The number of carbonyl (C=O) groups is 1. The van der Waals surface area contributed by atoms with Crippen LogP contribution in [0.25, 0.3) is 0 Å². The quantitative estimate of drug-likeness (QED) is 0.780. The summed E-state index contributed by atoms with van der Waals surface area (Å²) in [5, 5.41) is 8.93. The number of carboxylic acids is 1. The van der Waals surface area contributed by atoms with Crippen LogP contribution in [0.5, 0.6) is 0 Å². The van der Waals surface area contributed by atoms with E-state index in [2.05, 4.69) is 47.7 Å². The highest BCUT2D eigenvalue weighted by atomic mass is 16.4. The Morgan fingerprint density at radius 1 is 1.20 bits per heavy atom. The van der Waals surface area contributed by atoms with Crippen molar-refractivity contribution < 1.29 is 9.90 Å². The zero-order valence-corrected chi connectivity index (χ0v) is 18.3. The lowest BCUT2D eigenvalue weighted by Gasteiger charge is -2.44. The standard InChI is InChI=1S/C24H32N4O2/c1-4-24(10-5-11-24)23-17(2)6-8-21(26-23)28-13-12-27(16-18(28)3)20-9-7-19(15-25-20)14-22(29)30/h6-9,15,18H,4-5,10-14,16H2,1-3H3,(H,29,30). The average molecular weight is 409 g/mol. The molecular weight excluding hydrogens is 376 g/mol. The van der Waals surface area contributed by atoms with Gasteiger partial charge in [-0.25, -0.2) is 9.97 Å². The van der Waals surface area contributed by atoms with Crippen molar-refractivity contribution in [2.45, 2.75) is 64.3 Å². The molecule has 1 saturated carbocycles. The summed E-state index contributed by atoms with van der Waals surface area (Å²) >= 11 is 0. The van der Waals surface area contributed by atoms with Gasteiger partial charge in [-0.1, -0.05) is 25.5 Å². The number of aliphatic carboxylic acids is 1. The average Bonchev–Trinajstić information content (AvgIpc) is 2.69. The van der Waals surface area contributed by atoms with E-state index in [1.54, 1.807) is 6.20 Å². The number of nitrogens with zero attached hydrogens (tertiary/aromatic N) is 4. The van der Waals surface area contributed by atoms with E-state index in [0.29, 0.717) is 6.04 Å². The first-order valence-corrected chi connectivity index (χ1v) is 11.1. The maximum atomic E-state index is 10.9. The van der Waals surface area contributed by atoms with Crippen molar-refractivity contribution >= 4 is 17.6 Å². The van der Waals surface area contributed by atoms with Gasteiger partial charge < -0.3 is 14.9 Å². The van der Waals surface area contributed by atoms with Gasteiger partial charge in [0.2, 0.25) is 0 Å². The predicted octanol–water partition coefficient (Wildman–Crippen LogP) is 3.96. The van der Waals surface area contributed by atoms with Crippen molar-refractivity contribution in [2.75, 3.05) is 29.4 Å². The Labute approximate surface area is 179 Å². The van der Waals surface area contributed by atoms with E-state index in [4.69, 9.17) is 10.1 Å². The lowest BCUT2D eigenvalue weighted by atomic mass is 9.64. The Hall–Kier alpha value is -2.63. The molecule has 3 heterocycles. The molecule has 1 aliphatic heterocycles. The van der Waals surface area contributed by atoms with Gasteiger partial charge in [-0.2, -0.15) is 0 Å². The first-order valence-electron chi connectivity index (χ1n) is 11.1. The number of hydrogen-bond donors (Lipinski definition) is 1. The van der Waals surface area contributed by atoms with Crippen LogP contribution in [0.3, 0.4) is 0 Å². The molecule has 1 saturated heterocycles. The fourth-order valence-electron chi connectivity index (χ4n) is 4.97. The van der Waals surface area contributed by atoms with Gasteiger partial charge in [-0.3, -0.25) is 4.79 Å². The minimum absolute atomic E-state index is 0.0120. The number of hydrogen-bond acceptors (Lipinski definition) is 5. The van der Waals surface area contributed by atoms with Crippen molar-refractivity contribution in [3.8, 4) is 0 Å². The third-order valence-electron chi connectivity index (χ3n) is 6.98. The molecule has 30 heavy (non-hydrogen) atoms. The van der Waals surface area contributed by atoms with E-state index in [1.807, 2.05) is 12.1 Å². The van der Waals surface area contributed by atoms with Gasteiger partial charge in [0.15, 0.2) is 0 Å². The number of anilines is 2. The second-order valence-corrected chi connectivity index (χ2v) is 8.91. The largest absolute Gasteiger partial charge is 0.481 e. The van der Waals surface area contributed by atoms with Crippen LogP contribution in [0.4, 0.5) is 11.6 Å². The molecule has 2 fully saturated rings. The molecule has 160 valence electrons. The first kappa shape index (κ1) is 20.6. The number of piperazine rings is 1. The van der Waals surface area contributed by atoms with Crippen LogP contribution in [0.1, 0.15) is 56.4 Å². The predicted molar refractivity (Wildman–Crippen MR) is 119 cm³/mol. The van der Waals surface area contributed by atoms with E-state index in [-0.39, 0.29) is 11.8 Å². The second kappa shape index (κ2) is 8.25. The summed E-state index contributed by atoms with van der Waals surface area (Å²) in [7, 11) is 0. The third-order valence-corrected chi connectivity index (χ3v) is 6.98. The normalized spacial score (nSPS) is 20.7. The molecule has 2 aromatic heterocycles. The minimum atomic E-state index is -0.830. The van der Waals surface area contributed by atoms with Gasteiger partial charge >= 0.3 is 5.97 Å². The molecule has 0 bridgehead atoms. The monoisotopic (exact) mass is 408 g/mol. The van der Waals surface area contributed by atoms with Crippen LogP contribution >= 0.6 is 0 Å². The third kappa shape index (κ3) is 3.87. The van der Waals surface area contributed by atoms with Gasteiger partial charge in [0, 0.05) is 37.3 Å². The Bertz CT molecular complexity index is 902. The van der Waals surface area contributed by atoms with Crippen molar-refractivity contribution in [1.82, 2.24) is 9.97 Å². The lowest BCUT2D eigenvalue weighted by molar-refractivity contribution is -0.136. The molecule has 0 amide bonds. The molecule has 1 N–H and O–H groups in total. The molecule has 0 spiro atoms. The topological polar surface area (TPSA) is 69.6 Å². The molecular formula is C24H32N4O2. The summed E-state index contributed by atoms with van der Waals surface area (Å²) in [6, 6.07) is 8.54. The number of rotatable bonds is 6. The van der Waals surface area contributed by atoms with Gasteiger partial charge in [0.25, 0.3) is 0 Å². The van der Waals surface area contributed by atoms with Crippen molar-refractivity contribution in [1.29, 1.82) is 0 Å². The van der Waals surface area contributed by atoms with Crippen LogP contribution in [-0.2, 0) is 16.6 Å². The van der Waals surface area contributed by atoms with Crippen LogP contribution in [0, 0.1) is 6.92 Å². The summed E-state index contributed by atoms with van der Waals surface area (Å²) in [5.41, 5.74) is 3.64. The summed E-state index contributed by atoms with van der Waals surface area (Å²) in [5.74, 6) is 1.17. The highest BCUT2D eigenvalue weighted by Gasteiger charge is 2.39.